The quantitative estimate of drug-likeness (QED) is 0.241. The Morgan fingerprint density at radius 3 is 2.44 bits per heavy atom. The second-order valence-corrected chi connectivity index (χ2v) is 8.81. The normalized spacial score (nSPS) is 23.6. The molecule has 1 aliphatic heterocycles. The van der Waals surface area contributed by atoms with Crippen LogP contribution >= 0.6 is 0 Å². The molecule has 1 rings (SSSR count). The van der Waals surface area contributed by atoms with Gasteiger partial charge in [-0.3, -0.25) is 14.4 Å². The Kier molecular flexibility index (Phi) is 10.5. The van der Waals surface area contributed by atoms with E-state index in [9.17, 15) is 24.3 Å². The van der Waals surface area contributed by atoms with Crippen LogP contribution in [0, 0.1) is 17.8 Å². The molecule has 0 aromatic rings. The number of rotatable bonds is 12. The van der Waals surface area contributed by atoms with Crippen LogP contribution in [-0.2, 0) is 19.2 Å². The van der Waals surface area contributed by atoms with Crippen molar-refractivity contribution in [2.75, 3.05) is 0 Å². The molecule has 1 heterocycles. The molecular formula is C25H35NO6. The Hall–Kier alpha value is -2.80. The first kappa shape index (κ1) is 27.2. The first-order valence-electron chi connectivity index (χ1n) is 10.9. The van der Waals surface area contributed by atoms with Crippen LogP contribution in [0.15, 0.2) is 48.1 Å². The summed E-state index contributed by atoms with van der Waals surface area (Å²) in [6.45, 7) is 9.14. The van der Waals surface area contributed by atoms with E-state index in [1.165, 1.54) is 11.6 Å². The summed E-state index contributed by atoms with van der Waals surface area (Å²) >= 11 is 0. The number of aliphatic hydroxyl groups is 1. The van der Waals surface area contributed by atoms with E-state index in [0.717, 1.165) is 19.8 Å². The second-order valence-electron chi connectivity index (χ2n) is 8.81. The first-order valence-corrected chi connectivity index (χ1v) is 10.9. The van der Waals surface area contributed by atoms with E-state index in [1.807, 2.05) is 45.1 Å². The zero-order chi connectivity index (χ0) is 24.5. The molecule has 32 heavy (non-hydrogen) atoms. The highest BCUT2D eigenvalue weighted by molar-refractivity contribution is 6.26. The lowest BCUT2D eigenvalue weighted by Gasteiger charge is -2.20. The summed E-state index contributed by atoms with van der Waals surface area (Å²) in [6, 6.07) is -1.20. The van der Waals surface area contributed by atoms with E-state index in [0.29, 0.717) is 5.92 Å². The maximum Gasteiger partial charge on any atom is 0.335 e. The van der Waals surface area contributed by atoms with Crippen LogP contribution in [0.5, 0.6) is 0 Å². The molecule has 1 amide bonds. The van der Waals surface area contributed by atoms with Gasteiger partial charge in [0.2, 0.25) is 5.91 Å². The lowest BCUT2D eigenvalue weighted by molar-refractivity contribution is -0.158. The van der Waals surface area contributed by atoms with E-state index in [2.05, 4.69) is 18.3 Å². The molecule has 0 saturated carbocycles. The van der Waals surface area contributed by atoms with Crippen molar-refractivity contribution in [3.05, 3.63) is 48.1 Å². The Labute approximate surface area is 190 Å². The minimum absolute atomic E-state index is 0.0752. The number of hydrogen-bond donors (Lipinski definition) is 3. The molecular weight excluding hydrogens is 410 g/mol. The Morgan fingerprint density at radius 1 is 1.19 bits per heavy atom. The molecule has 5 atom stereocenters. The van der Waals surface area contributed by atoms with Crippen molar-refractivity contribution in [2.24, 2.45) is 17.8 Å². The monoisotopic (exact) mass is 445 g/mol. The number of Topliss-reactive ketones (excluding diaryl/α,β-unsaturated/α-hetero) is 1. The van der Waals surface area contributed by atoms with Gasteiger partial charge in [-0.1, -0.05) is 55.9 Å². The summed E-state index contributed by atoms with van der Waals surface area (Å²) in [5, 5.41) is 21.2. The third kappa shape index (κ3) is 8.38. The van der Waals surface area contributed by atoms with Crippen LogP contribution in [0.2, 0.25) is 0 Å². The predicted molar refractivity (Wildman–Crippen MR) is 123 cm³/mol. The zero-order valence-corrected chi connectivity index (χ0v) is 19.5. The van der Waals surface area contributed by atoms with Gasteiger partial charge in [0.25, 0.3) is 0 Å². The van der Waals surface area contributed by atoms with Crippen LogP contribution in [0.3, 0.4) is 0 Å². The molecule has 0 radical (unpaired) electrons. The van der Waals surface area contributed by atoms with E-state index >= 15 is 0 Å². The number of ketones is 2. The van der Waals surface area contributed by atoms with Crippen LogP contribution in [0.25, 0.3) is 0 Å². The third-order valence-electron chi connectivity index (χ3n) is 5.52. The molecule has 0 aromatic heterocycles. The molecule has 0 bridgehead atoms. The van der Waals surface area contributed by atoms with E-state index in [-0.39, 0.29) is 5.92 Å². The summed E-state index contributed by atoms with van der Waals surface area (Å²) in [4.78, 5) is 48.1. The first-order chi connectivity index (χ1) is 14.9. The summed E-state index contributed by atoms with van der Waals surface area (Å²) in [5.41, 5.74) is -0.985. The van der Waals surface area contributed by atoms with E-state index in [1.54, 1.807) is 6.08 Å². The number of carbonyl (C=O) groups is 4. The fourth-order valence-corrected chi connectivity index (χ4v) is 3.42. The molecule has 1 saturated heterocycles. The minimum atomic E-state index is -2.18. The Balaban J connectivity index is 2.60. The van der Waals surface area contributed by atoms with Gasteiger partial charge in [-0.15, -0.1) is 0 Å². The van der Waals surface area contributed by atoms with Gasteiger partial charge in [0.1, 0.15) is 0 Å². The summed E-state index contributed by atoms with van der Waals surface area (Å²) in [7, 11) is 0. The van der Waals surface area contributed by atoms with Crippen molar-refractivity contribution < 1.29 is 29.4 Å². The van der Waals surface area contributed by atoms with Crippen molar-refractivity contribution in [3.63, 3.8) is 0 Å². The van der Waals surface area contributed by atoms with E-state index in [4.69, 9.17) is 5.11 Å². The molecule has 7 nitrogen and oxygen atoms in total. The highest BCUT2D eigenvalue weighted by atomic mass is 16.4. The summed E-state index contributed by atoms with van der Waals surface area (Å²) in [6.07, 6.45) is 14.4. The highest BCUT2D eigenvalue weighted by Gasteiger charge is 2.48. The molecule has 0 aliphatic carbocycles. The Bertz CT molecular complexity index is 833. The van der Waals surface area contributed by atoms with Crippen molar-refractivity contribution in [1.29, 1.82) is 0 Å². The average molecular weight is 446 g/mol. The third-order valence-corrected chi connectivity index (χ3v) is 5.52. The summed E-state index contributed by atoms with van der Waals surface area (Å²) in [5.74, 6) is -4.64. The maximum absolute atomic E-state index is 12.5. The molecule has 7 heteroatoms. The van der Waals surface area contributed by atoms with Crippen molar-refractivity contribution >= 4 is 23.4 Å². The number of carbonyl (C=O) groups excluding carboxylic acids is 3. The second kappa shape index (κ2) is 12.3. The van der Waals surface area contributed by atoms with Gasteiger partial charge in [0, 0.05) is 6.42 Å². The van der Waals surface area contributed by atoms with Crippen molar-refractivity contribution in [3.8, 4) is 0 Å². The minimum Gasteiger partial charge on any atom is -0.479 e. The molecule has 2 unspecified atom stereocenters. The van der Waals surface area contributed by atoms with Gasteiger partial charge < -0.3 is 15.5 Å². The molecule has 3 N–H and O–H groups in total. The average Bonchev–Trinajstić information content (AvgIpc) is 2.97. The molecule has 1 fully saturated rings. The van der Waals surface area contributed by atoms with Crippen LogP contribution < -0.4 is 5.32 Å². The largest absolute Gasteiger partial charge is 0.479 e. The highest BCUT2D eigenvalue weighted by Crippen LogP contribution is 2.22. The molecule has 1 aliphatic rings. The van der Waals surface area contributed by atoms with Crippen molar-refractivity contribution in [2.45, 2.75) is 65.5 Å². The topological polar surface area (TPSA) is 121 Å². The summed E-state index contributed by atoms with van der Waals surface area (Å²) < 4.78 is 0. The van der Waals surface area contributed by atoms with Crippen LogP contribution in [-0.4, -0.2) is 45.3 Å². The smallest absolute Gasteiger partial charge is 0.335 e. The lowest BCUT2D eigenvalue weighted by atomic mass is 9.90. The zero-order valence-electron chi connectivity index (χ0n) is 19.5. The van der Waals surface area contributed by atoms with Gasteiger partial charge in [0.05, 0.1) is 6.04 Å². The maximum atomic E-state index is 12.5. The number of carboxylic acid groups (broad SMARTS) is 1. The van der Waals surface area contributed by atoms with Crippen LogP contribution in [0.4, 0.5) is 0 Å². The fourth-order valence-electron chi connectivity index (χ4n) is 3.42. The molecule has 176 valence electrons. The standard InChI is InChI=1S/C25H35NO6/c1-6-16(2)10-8-7-9-11-17(3)14-18(4)12-13-20(27)21-22(28)19(26-23(21)29)15-25(5,32)24(30)31/h6-10,12-13,17-19,21,32H,11,14-15H2,1-5H3,(H,26,29)(H,30,31)/b9-7+,10-8+,13-12+,16-6+/t17-,18+,19+,21?,25?/m0/s1. The lowest BCUT2D eigenvalue weighted by Crippen LogP contribution is -2.43. The van der Waals surface area contributed by atoms with Gasteiger partial charge in [0.15, 0.2) is 23.1 Å². The fraction of sp³-hybridized carbons (Fsp3) is 0.520. The Morgan fingerprint density at radius 2 is 1.84 bits per heavy atom. The van der Waals surface area contributed by atoms with E-state index < -0.39 is 47.4 Å². The number of hydrogen-bond acceptors (Lipinski definition) is 5. The number of aliphatic carboxylic acids is 1. The number of nitrogens with one attached hydrogen (secondary N) is 1. The van der Waals surface area contributed by atoms with Gasteiger partial charge in [-0.05, 0) is 51.5 Å². The van der Waals surface area contributed by atoms with Gasteiger partial charge in [-0.25, -0.2) is 4.79 Å². The molecule has 0 spiro atoms. The SMILES string of the molecule is C/C=C(C)/C=C/C=C/C[C@H](C)C[C@H](C)/C=C/C(=O)C1C(=O)N[C@H](CC(C)(O)C(=O)O)C1=O. The number of amides is 1. The number of carboxylic acids is 1. The number of allylic oxidation sites excluding steroid dienone is 8. The molecule has 0 aromatic carbocycles. The van der Waals surface area contributed by atoms with Gasteiger partial charge in [-0.2, -0.15) is 0 Å². The van der Waals surface area contributed by atoms with Crippen LogP contribution in [0.1, 0.15) is 53.9 Å². The predicted octanol–water partition coefficient (Wildman–Crippen LogP) is 3.15. The van der Waals surface area contributed by atoms with Gasteiger partial charge >= 0.3 is 5.97 Å². The van der Waals surface area contributed by atoms with Crippen molar-refractivity contribution in [1.82, 2.24) is 5.32 Å².